The minimum Gasteiger partial charge on any atom is -0.480 e. The maximum absolute atomic E-state index is 12.7. The van der Waals surface area contributed by atoms with Gasteiger partial charge in [0.1, 0.15) is 17.2 Å². The molecule has 4 rings (SSSR count). The fourth-order valence-electron chi connectivity index (χ4n) is 4.27. The van der Waals surface area contributed by atoms with E-state index < -0.39 is 36.0 Å². The Hall–Kier alpha value is -4.40. The van der Waals surface area contributed by atoms with Crippen LogP contribution in [0.25, 0.3) is 33.1 Å². The van der Waals surface area contributed by atoms with Gasteiger partial charge in [0.2, 0.25) is 11.8 Å². The Morgan fingerprint density at radius 3 is 2.43 bits per heavy atom. The number of aryl methyl sites for hydroxylation is 1. The first-order chi connectivity index (χ1) is 17.7. The van der Waals surface area contributed by atoms with Crippen LogP contribution >= 0.6 is 0 Å². The Bertz CT molecular complexity index is 1540. The normalized spacial score (nSPS) is 12.8. The number of carbonyl (C=O) groups excluding carboxylic acids is 2. The molecule has 2 heterocycles. The third kappa shape index (κ3) is 5.40. The van der Waals surface area contributed by atoms with Gasteiger partial charge < -0.3 is 24.6 Å². The van der Waals surface area contributed by atoms with E-state index in [2.05, 4.69) is 10.6 Å². The van der Waals surface area contributed by atoms with Crippen LogP contribution in [0.1, 0.15) is 31.4 Å². The van der Waals surface area contributed by atoms with Gasteiger partial charge in [0.25, 0.3) is 0 Å². The first-order valence-corrected chi connectivity index (χ1v) is 12.0. The summed E-state index contributed by atoms with van der Waals surface area (Å²) in [5.41, 5.74) is 2.91. The molecule has 0 aliphatic heterocycles. The summed E-state index contributed by atoms with van der Waals surface area (Å²) in [6, 6.07) is 12.2. The van der Waals surface area contributed by atoms with Crippen LogP contribution in [0.4, 0.5) is 0 Å². The van der Waals surface area contributed by atoms with Crippen LogP contribution in [-0.4, -0.2) is 35.5 Å². The van der Waals surface area contributed by atoms with Crippen LogP contribution in [0.5, 0.6) is 0 Å². The number of carbonyl (C=O) groups is 3. The van der Waals surface area contributed by atoms with Crippen molar-refractivity contribution in [2.45, 2.75) is 39.7 Å². The third-order valence-corrected chi connectivity index (χ3v) is 6.65. The molecule has 37 heavy (non-hydrogen) atoms. The molecule has 2 aromatic heterocycles. The summed E-state index contributed by atoms with van der Waals surface area (Å²) in [6.07, 6.45) is 1.93. The lowest BCUT2D eigenvalue weighted by atomic mass is 9.99. The molecule has 9 nitrogen and oxygen atoms in total. The van der Waals surface area contributed by atoms with E-state index >= 15 is 0 Å². The van der Waals surface area contributed by atoms with Crippen LogP contribution in [0, 0.1) is 12.8 Å². The van der Waals surface area contributed by atoms with Crippen molar-refractivity contribution in [2.75, 3.05) is 6.54 Å². The largest absolute Gasteiger partial charge is 0.480 e. The SMILES string of the molecule is CCC(C)C(NC(=O)CNC(=O)Cc1c(C)c2cc3c(-c4ccccc4)coc3cc2oc1=O)C(=O)O. The topological polar surface area (TPSA) is 139 Å². The molecule has 4 aromatic rings. The molecule has 0 saturated heterocycles. The quantitative estimate of drug-likeness (QED) is 0.295. The van der Waals surface area contributed by atoms with Gasteiger partial charge in [-0.05, 0) is 30.0 Å². The molecule has 0 bridgehead atoms. The standard InChI is InChI=1S/C28H28N2O7/c1-4-15(2)26(27(33)34)30-25(32)13-29-24(31)11-19-16(3)18-10-20-21(17-8-6-5-7-9-17)14-36-22(20)12-23(18)37-28(19)35/h5-10,12,14-15,26H,4,11,13H2,1-3H3,(H,29,31)(H,30,32)(H,33,34). The minimum absolute atomic E-state index is 0.178. The van der Waals surface area contributed by atoms with Crippen molar-refractivity contribution in [1.29, 1.82) is 0 Å². The van der Waals surface area contributed by atoms with Crippen molar-refractivity contribution in [1.82, 2.24) is 10.6 Å². The van der Waals surface area contributed by atoms with E-state index in [1.54, 1.807) is 26.2 Å². The second-order valence-electron chi connectivity index (χ2n) is 9.08. The monoisotopic (exact) mass is 504 g/mol. The van der Waals surface area contributed by atoms with E-state index in [9.17, 15) is 24.3 Å². The molecule has 0 fully saturated rings. The van der Waals surface area contributed by atoms with Gasteiger partial charge >= 0.3 is 11.6 Å². The number of nitrogens with one attached hydrogen (secondary N) is 2. The van der Waals surface area contributed by atoms with Crippen LogP contribution in [-0.2, 0) is 20.8 Å². The van der Waals surface area contributed by atoms with E-state index in [4.69, 9.17) is 8.83 Å². The summed E-state index contributed by atoms with van der Waals surface area (Å²) >= 11 is 0. The molecule has 2 aromatic carbocycles. The highest BCUT2D eigenvalue weighted by atomic mass is 16.4. The van der Waals surface area contributed by atoms with E-state index in [1.807, 2.05) is 43.3 Å². The van der Waals surface area contributed by atoms with Crippen molar-refractivity contribution in [2.24, 2.45) is 5.92 Å². The number of benzene rings is 2. The maximum atomic E-state index is 12.7. The Labute approximate surface area is 212 Å². The zero-order chi connectivity index (χ0) is 26.7. The van der Waals surface area contributed by atoms with E-state index in [1.165, 1.54) is 0 Å². The van der Waals surface area contributed by atoms with Crippen LogP contribution < -0.4 is 16.3 Å². The summed E-state index contributed by atoms with van der Waals surface area (Å²) in [5, 5.41) is 15.7. The molecule has 0 aliphatic carbocycles. The highest BCUT2D eigenvalue weighted by Gasteiger charge is 2.25. The van der Waals surface area contributed by atoms with Crippen molar-refractivity contribution in [3.05, 3.63) is 70.3 Å². The predicted octanol–water partition coefficient (Wildman–Crippen LogP) is 3.79. The number of carboxylic acids is 1. The molecule has 0 aliphatic rings. The number of amides is 2. The number of rotatable bonds is 9. The Kier molecular flexibility index (Phi) is 7.42. The third-order valence-electron chi connectivity index (χ3n) is 6.65. The van der Waals surface area contributed by atoms with Crippen LogP contribution in [0.3, 0.4) is 0 Å². The number of carboxylic acid groups (broad SMARTS) is 1. The zero-order valence-corrected chi connectivity index (χ0v) is 20.8. The lowest BCUT2D eigenvalue weighted by Crippen LogP contribution is -2.48. The Balaban J connectivity index is 1.54. The summed E-state index contributed by atoms with van der Waals surface area (Å²) in [7, 11) is 0. The van der Waals surface area contributed by atoms with Crippen LogP contribution in [0.15, 0.2) is 62.4 Å². The Morgan fingerprint density at radius 1 is 1.03 bits per heavy atom. The molecule has 0 radical (unpaired) electrons. The van der Waals surface area contributed by atoms with E-state index in [0.29, 0.717) is 28.5 Å². The molecule has 0 saturated carbocycles. The Morgan fingerprint density at radius 2 is 1.76 bits per heavy atom. The fourth-order valence-corrected chi connectivity index (χ4v) is 4.27. The van der Waals surface area contributed by atoms with Gasteiger partial charge in [-0.2, -0.15) is 0 Å². The highest BCUT2D eigenvalue weighted by Crippen LogP contribution is 2.34. The van der Waals surface area contributed by atoms with Crippen molar-refractivity contribution in [3.63, 3.8) is 0 Å². The molecular formula is C28H28N2O7. The number of hydrogen-bond donors (Lipinski definition) is 3. The van der Waals surface area contributed by atoms with Gasteiger partial charge in [-0.25, -0.2) is 9.59 Å². The fraction of sp³-hybridized carbons (Fsp3) is 0.286. The van der Waals surface area contributed by atoms with E-state index in [0.717, 1.165) is 16.5 Å². The first-order valence-electron chi connectivity index (χ1n) is 12.0. The number of furan rings is 1. The van der Waals surface area contributed by atoms with Crippen LogP contribution in [0.2, 0.25) is 0 Å². The van der Waals surface area contributed by atoms with Gasteiger partial charge in [0.15, 0.2) is 0 Å². The second-order valence-corrected chi connectivity index (χ2v) is 9.08. The molecular weight excluding hydrogens is 476 g/mol. The average molecular weight is 505 g/mol. The molecule has 192 valence electrons. The van der Waals surface area contributed by atoms with Gasteiger partial charge in [0.05, 0.1) is 24.8 Å². The van der Waals surface area contributed by atoms with Gasteiger partial charge in [-0.15, -0.1) is 0 Å². The lowest BCUT2D eigenvalue weighted by molar-refractivity contribution is -0.143. The summed E-state index contributed by atoms with van der Waals surface area (Å²) in [5.74, 6) is -2.60. The molecule has 0 spiro atoms. The van der Waals surface area contributed by atoms with Crippen molar-refractivity contribution in [3.8, 4) is 11.1 Å². The smallest absolute Gasteiger partial charge is 0.340 e. The molecule has 9 heteroatoms. The summed E-state index contributed by atoms with van der Waals surface area (Å²) in [6.45, 7) is 4.88. The van der Waals surface area contributed by atoms with Crippen molar-refractivity contribution < 1.29 is 28.3 Å². The van der Waals surface area contributed by atoms with E-state index in [-0.39, 0.29) is 17.9 Å². The van der Waals surface area contributed by atoms with Gasteiger partial charge in [-0.3, -0.25) is 9.59 Å². The minimum atomic E-state index is -1.14. The number of aliphatic carboxylic acids is 1. The predicted molar refractivity (Wildman–Crippen MR) is 138 cm³/mol. The summed E-state index contributed by atoms with van der Waals surface area (Å²) < 4.78 is 11.2. The molecule has 3 N–H and O–H groups in total. The first kappa shape index (κ1) is 25.7. The lowest BCUT2D eigenvalue weighted by Gasteiger charge is -2.20. The van der Waals surface area contributed by atoms with Crippen molar-refractivity contribution >= 4 is 39.7 Å². The average Bonchev–Trinajstić information content (AvgIpc) is 3.30. The molecule has 2 atom stereocenters. The molecule has 2 unspecified atom stereocenters. The molecule has 2 amide bonds. The summed E-state index contributed by atoms with van der Waals surface area (Å²) in [4.78, 5) is 48.9. The number of fused-ring (bicyclic) bond motifs is 2. The van der Waals surface area contributed by atoms with Gasteiger partial charge in [0, 0.05) is 22.4 Å². The highest BCUT2D eigenvalue weighted by molar-refractivity contribution is 6.02. The number of hydrogen-bond acceptors (Lipinski definition) is 6. The maximum Gasteiger partial charge on any atom is 0.340 e. The second kappa shape index (κ2) is 10.7. The zero-order valence-electron chi connectivity index (χ0n) is 20.8. The van der Waals surface area contributed by atoms with Gasteiger partial charge in [-0.1, -0.05) is 50.6 Å².